The Morgan fingerprint density at radius 1 is 1.10 bits per heavy atom. The summed E-state index contributed by atoms with van der Waals surface area (Å²) in [6.45, 7) is 9.39. The average Bonchev–Trinajstić information content (AvgIpc) is 2.36. The number of hydrogen-bond acceptors (Lipinski definition) is 1. The molecule has 0 radical (unpaired) electrons. The Kier molecular flexibility index (Phi) is 7.24. The second-order valence-corrected chi connectivity index (χ2v) is 7.31. The number of carbonyl (C=O) groups excluding carboxylic acids is 1. The fourth-order valence-corrected chi connectivity index (χ4v) is 3.66. The van der Waals surface area contributed by atoms with Crippen LogP contribution < -0.4 is 0 Å². The van der Waals surface area contributed by atoms with Crippen LogP contribution in [0.2, 0.25) is 0 Å². The van der Waals surface area contributed by atoms with Gasteiger partial charge in [0.05, 0.1) is 0 Å². The Morgan fingerprint density at radius 3 is 2.00 bits per heavy atom. The van der Waals surface area contributed by atoms with E-state index in [1.807, 2.05) is 23.1 Å². The Balaban J connectivity index is 3.08. The predicted octanol–water partition coefficient (Wildman–Crippen LogP) is 5.50. The van der Waals surface area contributed by atoms with E-state index in [1.165, 1.54) is 0 Å². The maximum atomic E-state index is 12.8. The Morgan fingerprint density at radius 2 is 1.60 bits per heavy atom. The van der Waals surface area contributed by atoms with Gasteiger partial charge >= 0.3 is 0 Å². The second-order valence-electron chi connectivity index (χ2n) is 5.48. The lowest BCUT2D eigenvalue weighted by Gasteiger charge is -2.32. The van der Waals surface area contributed by atoms with E-state index in [-0.39, 0.29) is 5.91 Å². The van der Waals surface area contributed by atoms with Crippen LogP contribution in [0.25, 0.3) is 0 Å². The van der Waals surface area contributed by atoms with Crippen molar-refractivity contribution in [2.24, 2.45) is 5.92 Å². The van der Waals surface area contributed by atoms with Crippen molar-refractivity contribution in [2.75, 3.05) is 6.54 Å². The summed E-state index contributed by atoms with van der Waals surface area (Å²) < 4.78 is 1.84. The van der Waals surface area contributed by atoms with Gasteiger partial charge in [-0.25, -0.2) is 0 Å². The van der Waals surface area contributed by atoms with E-state index in [9.17, 15) is 4.79 Å². The van der Waals surface area contributed by atoms with Crippen LogP contribution >= 0.6 is 31.9 Å². The molecule has 0 aliphatic heterocycles. The van der Waals surface area contributed by atoms with Gasteiger partial charge in [0.25, 0.3) is 5.91 Å². The molecule has 0 aliphatic rings. The van der Waals surface area contributed by atoms with E-state index in [0.29, 0.717) is 12.0 Å². The third kappa shape index (κ3) is 4.88. The number of carbonyl (C=O) groups is 1. The molecule has 0 spiro atoms. The van der Waals surface area contributed by atoms with Gasteiger partial charge in [-0.1, -0.05) is 59.6 Å². The van der Waals surface area contributed by atoms with Gasteiger partial charge in [-0.15, -0.1) is 0 Å². The highest BCUT2D eigenvalue weighted by atomic mass is 79.9. The highest BCUT2D eigenvalue weighted by molar-refractivity contribution is 9.11. The number of rotatable bonds is 6. The van der Waals surface area contributed by atoms with E-state index in [4.69, 9.17) is 0 Å². The summed E-state index contributed by atoms with van der Waals surface area (Å²) in [4.78, 5) is 14.9. The van der Waals surface area contributed by atoms with Crippen molar-refractivity contribution in [1.82, 2.24) is 4.90 Å². The third-order valence-corrected chi connectivity index (χ3v) is 4.23. The van der Waals surface area contributed by atoms with Crippen LogP contribution in [0.3, 0.4) is 0 Å². The molecule has 0 atom stereocenters. The molecule has 112 valence electrons. The molecule has 1 aromatic rings. The van der Waals surface area contributed by atoms with Crippen molar-refractivity contribution in [3.8, 4) is 0 Å². The van der Waals surface area contributed by atoms with Crippen LogP contribution in [0.4, 0.5) is 0 Å². The molecule has 0 saturated heterocycles. The van der Waals surface area contributed by atoms with Crippen molar-refractivity contribution in [3.63, 3.8) is 0 Å². The predicted molar refractivity (Wildman–Crippen MR) is 92.1 cm³/mol. The van der Waals surface area contributed by atoms with Gasteiger partial charge in [-0.05, 0) is 37.0 Å². The van der Waals surface area contributed by atoms with Crippen molar-refractivity contribution in [1.29, 1.82) is 0 Å². The summed E-state index contributed by atoms with van der Waals surface area (Å²) in [7, 11) is 0. The normalized spacial score (nSPS) is 11.2. The monoisotopic (exact) mass is 403 g/mol. The Hall–Kier alpha value is -0.350. The molecule has 1 rings (SSSR count). The zero-order valence-corrected chi connectivity index (χ0v) is 15.8. The molecule has 1 aromatic carbocycles. The highest BCUT2D eigenvalue weighted by Gasteiger charge is 2.23. The first-order valence-corrected chi connectivity index (χ1v) is 8.74. The van der Waals surface area contributed by atoms with Crippen LogP contribution in [0.1, 0.15) is 50.9 Å². The number of hydrogen-bond donors (Lipinski definition) is 0. The largest absolute Gasteiger partial charge is 0.335 e. The summed E-state index contributed by atoms with van der Waals surface area (Å²) >= 11 is 6.90. The first kappa shape index (κ1) is 17.7. The summed E-state index contributed by atoms with van der Waals surface area (Å²) in [6.07, 6.45) is 1.98. The molecule has 0 bridgehead atoms. The minimum atomic E-state index is 0.120. The molecule has 0 heterocycles. The van der Waals surface area contributed by atoms with Crippen LogP contribution in [-0.2, 0) is 0 Å². The van der Waals surface area contributed by atoms with E-state index in [2.05, 4.69) is 59.6 Å². The van der Waals surface area contributed by atoms with Gasteiger partial charge < -0.3 is 4.90 Å². The van der Waals surface area contributed by atoms with Crippen molar-refractivity contribution >= 4 is 37.8 Å². The maximum Gasteiger partial charge on any atom is 0.254 e. The lowest BCUT2D eigenvalue weighted by molar-refractivity contribution is 0.0640. The molecule has 4 heteroatoms. The lowest BCUT2D eigenvalue weighted by atomic mass is 10.1. The number of halogens is 2. The summed E-state index contributed by atoms with van der Waals surface area (Å²) in [5.41, 5.74) is 0.735. The van der Waals surface area contributed by atoms with Gasteiger partial charge in [-0.2, -0.15) is 0 Å². The minimum Gasteiger partial charge on any atom is -0.335 e. The van der Waals surface area contributed by atoms with Crippen LogP contribution in [0.5, 0.6) is 0 Å². The molecule has 0 saturated carbocycles. The van der Waals surface area contributed by atoms with Gasteiger partial charge in [-0.3, -0.25) is 4.79 Å². The van der Waals surface area contributed by atoms with Crippen LogP contribution in [-0.4, -0.2) is 23.4 Å². The molecule has 0 aliphatic carbocycles. The van der Waals surface area contributed by atoms with E-state index in [1.54, 1.807) is 0 Å². The smallest absolute Gasteiger partial charge is 0.254 e. The highest BCUT2D eigenvalue weighted by Crippen LogP contribution is 2.23. The van der Waals surface area contributed by atoms with Gasteiger partial charge in [0.1, 0.15) is 0 Å². The molecule has 2 nitrogen and oxygen atoms in total. The topological polar surface area (TPSA) is 20.3 Å². The van der Waals surface area contributed by atoms with Crippen LogP contribution in [0, 0.1) is 5.92 Å². The fourth-order valence-electron chi connectivity index (χ4n) is 2.36. The SMILES string of the molecule is CCC(CC)N(CC(C)C)C(=O)c1cc(Br)cc(Br)c1. The van der Waals surface area contributed by atoms with Crippen molar-refractivity contribution in [2.45, 2.75) is 46.6 Å². The van der Waals surface area contributed by atoms with E-state index < -0.39 is 0 Å². The third-order valence-electron chi connectivity index (χ3n) is 3.32. The maximum absolute atomic E-state index is 12.8. The van der Waals surface area contributed by atoms with Crippen molar-refractivity contribution in [3.05, 3.63) is 32.7 Å². The number of nitrogens with zero attached hydrogens (tertiary/aromatic N) is 1. The molecule has 0 unspecified atom stereocenters. The standard InChI is InChI=1S/C16H23Br2NO/c1-5-15(6-2)19(10-11(3)4)16(20)12-7-13(17)9-14(18)8-12/h7-9,11,15H,5-6,10H2,1-4H3. The average molecular weight is 405 g/mol. The number of benzene rings is 1. The number of amides is 1. The summed E-state index contributed by atoms with van der Waals surface area (Å²) in [6, 6.07) is 6.04. The van der Waals surface area contributed by atoms with E-state index >= 15 is 0 Å². The molecule has 0 aromatic heterocycles. The van der Waals surface area contributed by atoms with Gasteiger partial charge in [0.15, 0.2) is 0 Å². The minimum absolute atomic E-state index is 0.120. The van der Waals surface area contributed by atoms with Crippen LogP contribution in [0.15, 0.2) is 27.1 Å². The first-order chi connectivity index (χ1) is 9.38. The van der Waals surface area contributed by atoms with E-state index in [0.717, 1.165) is 33.9 Å². The molecule has 0 fully saturated rings. The Labute approximate surface area is 139 Å². The molecule has 1 amide bonds. The quantitative estimate of drug-likeness (QED) is 0.612. The molecular formula is C16H23Br2NO. The zero-order chi connectivity index (χ0) is 15.3. The first-order valence-electron chi connectivity index (χ1n) is 7.16. The summed E-state index contributed by atoms with van der Waals surface area (Å²) in [5.74, 6) is 0.588. The molecular weight excluding hydrogens is 382 g/mol. The van der Waals surface area contributed by atoms with Gasteiger partial charge in [0.2, 0.25) is 0 Å². The molecule has 20 heavy (non-hydrogen) atoms. The second kappa shape index (κ2) is 8.18. The van der Waals surface area contributed by atoms with Gasteiger partial charge in [0, 0.05) is 27.1 Å². The summed E-state index contributed by atoms with van der Waals surface area (Å²) in [5, 5.41) is 0. The fraction of sp³-hybridized carbons (Fsp3) is 0.562. The molecule has 0 N–H and O–H groups in total. The lowest BCUT2D eigenvalue weighted by Crippen LogP contribution is -2.42. The Bertz CT molecular complexity index is 436. The zero-order valence-electron chi connectivity index (χ0n) is 12.6. The van der Waals surface area contributed by atoms with Crippen molar-refractivity contribution < 1.29 is 4.79 Å².